The molecular formula is C24H23Br. The van der Waals surface area contributed by atoms with Gasteiger partial charge in [0.15, 0.2) is 0 Å². The van der Waals surface area contributed by atoms with Gasteiger partial charge in [0.1, 0.15) is 0 Å². The highest BCUT2D eigenvalue weighted by atomic mass is 79.9. The molecule has 0 saturated carbocycles. The van der Waals surface area contributed by atoms with E-state index in [4.69, 9.17) is 0 Å². The summed E-state index contributed by atoms with van der Waals surface area (Å²) in [5, 5.41) is 0. The highest BCUT2D eigenvalue weighted by Crippen LogP contribution is 2.50. The molecule has 0 aromatic heterocycles. The van der Waals surface area contributed by atoms with Crippen LogP contribution in [0, 0.1) is 5.92 Å². The molecule has 0 aliphatic heterocycles. The topological polar surface area (TPSA) is 0 Å². The van der Waals surface area contributed by atoms with Gasteiger partial charge in [0, 0.05) is 16.3 Å². The van der Waals surface area contributed by atoms with Crippen LogP contribution < -0.4 is 0 Å². The standard InChI is InChI=1S/C24H23Br/c1-24(2,3)17-10-12-19-20-13-11-18(25)15-22(20)23(21(19)14-17)16-8-6-4-5-7-9-16/h4-16,23H,1-3H3. The minimum atomic E-state index is 0.158. The first kappa shape index (κ1) is 16.6. The van der Waals surface area contributed by atoms with Crippen molar-refractivity contribution < 1.29 is 0 Å². The summed E-state index contributed by atoms with van der Waals surface area (Å²) in [6, 6.07) is 13.8. The van der Waals surface area contributed by atoms with Crippen LogP contribution in [-0.2, 0) is 5.41 Å². The van der Waals surface area contributed by atoms with E-state index in [0.717, 1.165) is 4.47 Å². The maximum atomic E-state index is 3.67. The van der Waals surface area contributed by atoms with E-state index in [-0.39, 0.29) is 5.41 Å². The van der Waals surface area contributed by atoms with Crippen LogP contribution in [0.1, 0.15) is 43.4 Å². The summed E-state index contributed by atoms with van der Waals surface area (Å²) in [5.41, 5.74) is 7.22. The fraction of sp³-hybridized carbons (Fsp3) is 0.250. The predicted molar refractivity (Wildman–Crippen MR) is 111 cm³/mol. The Morgan fingerprint density at radius 3 is 2.00 bits per heavy atom. The van der Waals surface area contributed by atoms with E-state index in [2.05, 4.69) is 110 Å². The zero-order chi connectivity index (χ0) is 17.6. The average molecular weight is 391 g/mol. The van der Waals surface area contributed by atoms with Crippen LogP contribution in [0.4, 0.5) is 0 Å². The Balaban J connectivity index is 1.93. The van der Waals surface area contributed by atoms with Crippen LogP contribution in [0.15, 0.2) is 77.3 Å². The molecule has 2 aliphatic carbocycles. The van der Waals surface area contributed by atoms with E-state index in [1.807, 2.05) is 0 Å². The van der Waals surface area contributed by atoms with Crippen LogP contribution in [-0.4, -0.2) is 0 Å². The van der Waals surface area contributed by atoms with Gasteiger partial charge in [0.05, 0.1) is 0 Å². The molecule has 1 unspecified atom stereocenters. The Bertz CT molecular complexity index is 890. The zero-order valence-electron chi connectivity index (χ0n) is 15.0. The molecule has 2 aromatic rings. The van der Waals surface area contributed by atoms with Crippen molar-refractivity contribution in [2.75, 3.05) is 0 Å². The fourth-order valence-corrected chi connectivity index (χ4v) is 4.33. The molecule has 0 nitrogen and oxygen atoms in total. The fourth-order valence-electron chi connectivity index (χ4n) is 3.95. The summed E-state index contributed by atoms with van der Waals surface area (Å²) in [6.45, 7) is 6.87. The third-order valence-corrected chi connectivity index (χ3v) is 5.77. The van der Waals surface area contributed by atoms with Gasteiger partial charge in [0.2, 0.25) is 0 Å². The second-order valence-corrected chi connectivity index (χ2v) is 8.91. The molecule has 2 aliphatic rings. The largest absolute Gasteiger partial charge is 0.0767 e. The van der Waals surface area contributed by atoms with E-state index in [9.17, 15) is 0 Å². The van der Waals surface area contributed by atoms with Crippen molar-refractivity contribution in [3.05, 3.63) is 94.0 Å². The quantitative estimate of drug-likeness (QED) is 0.484. The molecule has 25 heavy (non-hydrogen) atoms. The minimum absolute atomic E-state index is 0.158. The van der Waals surface area contributed by atoms with E-state index < -0.39 is 0 Å². The van der Waals surface area contributed by atoms with Gasteiger partial charge in [-0.05, 0) is 45.4 Å². The van der Waals surface area contributed by atoms with Crippen LogP contribution in [0.3, 0.4) is 0 Å². The summed E-state index contributed by atoms with van der Waals surface area (Å²) >= 11 is 3.67. The third-order valence-electron chi connectivity index (χ3n) is 5.28. The summed E-state index contributed by atoms with van der Waals surface area (Å²) in [6.07, 6.45) is 13.2. The van der Waals surface area contributed by atoms with Crippen molar-refractivity contribution >= 4 is 15.9 Å². The van der Waals surface area contributed by atoms with Crippen molar-refractivity contribution in [2.45, 2.75) is 32.1 Å². The van der Waals surface area contributed by atoms with Gasteiger partial charge in [-0.25, -0.2) is 0 Å². The van der Waals surface area contributed by atoms with Gasteiger partial charge in [-0.15, -0.1) is 0 Å². The summed E-state index contributed by atoms with van der Waals surface area (Å²) in [4.78, 5) is 0. The van der Waals surface area contributed by atoms with Crippen molar-refractivity contribution in [2.24, 2.45) is 5.92 Å². The van der Waals surface area contributed by atoms with Gasteiger partial charge >= 0.3 is 0 Å². The second-order valence-electron chi connectivity index (χ2n) is 7.99. The third kappa shape index (κ3) is 2.95. The van der Waals surface area contributed by atoms with Crippen molar-refractivity contribution in [3.8, 4) is 11.1 Å². The lowest BCUT2D eigenvalue weighted by Crippen LogP contribution is -2.13. The van der Waals surface area contributed by atoms with Gasteiger partial charge < -0.3 is 0 Å². The normalized spacial score (nSPS) is 19.0. The highest BCUT2D eigenvalue weighted by molar-refractivity contribution is 9.10. The van der Waals surface area contributed by atoms with Crippen LogP contribution >= 0.6 is 15.9 Å². The molecule has 0 radical (unpaired) electrons. The summed E-state index contributed by atoms with van der Waals surface area (Å²) in [5.74, 6) is 0.747. The second kappa shape index (κ2) is 6.14. The molecule has 1 heteroatoms. The molecule has 4 rings (SSSR count). The maximum Gasteiger partial charge on any atom is 0.0200 e. The Morgan fingerprint density at radius 2 is 1.36 bits per heavy atom. The monoisotopic (exact) mass is 390 g/mol. The molecule has 2 aromatic carbocycles. The van der Waals surface area contributed by atoms with Gasteiger partial charge in [-0.3, -0.25) is 0 Å². The Morgan fingerprint density at radius 1 is 0.760 bits per heavy atom. The van der Waals surface area contributed by atoms with E-state index in [1.54, 1.807) is 0 Å². The number of rotatable bonds is 1. The molecule has 0 amide bonds. The first-order valence-electron chi connectivity index (χ1n) is 8.91. The Kier molecular flexibility index (Phi) is 4.08. The smallest absolute Gasteiger partial charge is 0.0200 e. The number of hydrogen-bond acceptors (Lipinski definition) is 0. The predicted octanol–water partition coefficient (Wildman–Crippen LogP) is 7.16. The molecule has 0 spiro atoms. The number of fused-ring (bicyclic) bond motifs is 3. The first-order valence-corrected chi connectivity index (χ1v) is 9.70. The van der Waals surface area contributed by atoms with E-state index >= 15 is 0 Å². The number of halogens is 1. The van der Waals surface area contributed by atoms with Crippen molar-refractivity contribution in [3.63, 3.8) is 0 Å². The van der Waals surface area contributed by atoms with Gasteiger partial charge in [0.25, 0.3) is 0 Å². The van der Waals surface area contributed by atoms with Crippen LogP contribution in [0.25, 0.3) is 11.1 Å². The van der Waals surface area contributed by atoms with Crippen LogP contribution in [0.2, 0.25) is 0 Å². The van der Waals surface area contributed by atoms with Gasteiger partial charge in [-0.1, -0.05) is 97.4 Å². The lowest BCUT2D eigenvalue weighted by atomic mass is 9.80. The maximum absolute atomic E-state index is 3.67. The van der Waals surface area contributed by atoms with Gasteiger partial charge in [-0.2, -0.15) is 0 Å². The first-order chi connectivity index (χ1) is 11.9. The van der Waals surface area contributed by atoms with E-state index in [1.165, 1.54) is 27.8 Å². The molecule has 0 N–H and O–H groups in total. The zero-order valence-corrected chi connectivity index (χ0v) is 16.5. The SMILES string of the molecule is CC(C)(C)c1ccc2c(c1)C(C1C=CC=CC=C1)c1cc(Br)ccc1-2. The number of hydrogen-bond donors (Lipinski definition) is 0. The highest BCUT2D eigenvalue weighted by Gasteiger charge is 2.33. The number of allylic oxidation sites excluding steroid dienone is 6. The molecule has 0 saturated heterocycles. The molecular weight excluding hydrogens is 368 g/mol. The molecule has 0 fully saturated rings. The Labute approximate surface area is 159 Å². The van der Waals surface area contributed by atoms with Crippen LogP contribution in [0.5, 0.6) is 0 Å². The summed E-state index contributed by atoms with van der Waals surface area (Å²) < 4.78 is 1.15. The average Bonchev–Trinajstić information content (AvgIpc) is 2.72. The van der Waals surface area contributed by atoms with Crippen molar-refractivity contribution in [1.29, 1.82) is 0 Å². The molecule has 126 valence electrons. The molecule has 0 bridgehead atoms. The number of benzene rings is 2. The van der Waals surface area contributed by atoms with Crippen molar-refractivity contribution in [1.82, 2.24) is 0 Å². The molecule has 1 atom stereocenters. The summed E-state index contributed by atoms with van der Waals surface area (Å²) in [7, 11) is 0. The Hall–Kier alpha value is -1.86. The molecule has 0 heterocycles. The minimum Gasteiger partial charge on any atom is -0.0767 e. The lowest BCUT2D eigenvalue weighted by Gasteiger charge is -2.24. The lowest BCUT2D eigenvalue weighted by molar-refractivity contribution is 0.587. The van der Waals surface area contributed by atoms with E-state index in [0.29, 0.717) is 11.8 Å².